The predicted octanol–water partition coefficient (Wildman–Crippen LogP) is -0.429. The molecule has 1 aromatic heterocycles. The molecule has 3 N–H and O–H groups in total. The Bertz CT molecular complexity index is 341. The molecule has 76 valence electrons. The maximum atomic E-state index is 10.3. The summed E-state index contributed by atoms with van der Waals surface area (Å²) in [5, 5.41) is 26.5. The van der Waals surface area contributed by atoms with Crippen LogP contribution in [0.1, 0.15) is 22.4 Å². The molecule has 0 aliphatic rings. The summed E-state index contributed by atoms with van der Waals surface area (Å²) in [6.07, 6.45) is -3.24. The first-order valence-electron chi connectivity index (χ1n) is 3.70. The molecule has 6 nitrogen and oxygen atoms in total. The van der Waals surface area contributed by atoms with Crippen molar-refractivity contribution >= 4 is 12.3 Å². The van der Waals surface area contributed by atoms with Crippen molar-refractivity contribution in [3.05, 3.63) is 23.7 Å². The number of hydrogen-bond donors (Lipinski definition) is 3. The third-order valence-corrected chi connectivity index (χ3v) is 1.61. The van der Waals surface area contributed by atoms with Gasteiger partial charge in [-0.3, -0.25) is 4.79 Å². The summed E-state index contributed by atoms with van der Waals surface area (Å²) >= 11 is 0. The molecule has 14 heavy (non-hydrogen) atoms. The van der Waals surface area contributed by atoms with E-state index in [1.54, 1.807) is 0 Å². The molecule has 2 atom stereocenters. The summed E-state index contributed by atoms with van der Waals surface area (Å²) in [6.45, 7) is 0. The average Bonchev–Trinajstić information content (AvgIpc) is 2.63. The van der Waals surface area contributed by atoms with E-state index >= 15 is 0 Å². The smallest absolute Gasteiger partial charge is 0.335 e. The number of aliphatic carboxylic acids is 1. The number of aliphatic hydroxyl groups is 2. The standard InChI is InChI=1S/C8H8O6/c9-3-4-1-2-5(14-4)6(10)7(11)8(12)13/h1-3,6-7,10-11H,(H,12,13). The summed E-state index contributed by atoms with van der Waals surface area (Å²) < 4.78 is 4.72. The molecule has 6 heteroatoms. The van der Waals surface area contributed by atoms with Crippen LogP contribution in [-0.4, -0.2) is 33.7 Å². The van der Waals surface area contributed by atoms with Crippen molar-refractivity contribution in [2.45, 2.75) is 12.2 Å². The quantitative estimate of drug-likeness (QED) is 0.569. The molecule has 0 saturated carbocycles. The minimum Gasteiger partial charge on any atom is -0.479 e. The highest BCUT2D eigenvalue weighted by atomic mass is 16.4. The Morgan fingerprint density at radius 2 is 2.07 bits per heavy atom. The fraction of sp³-hybridized carbons (Fsp3) is 0.250. The fourth-order valence-electron chi connectivity index (χ4n) is 0.881. The van der Waals surface area contributed by atoms with Gasteiger partial charge in [-0.05, 0) is 12.1 Å². The van der Waals surface area contributed by atoms with Gasteiger partial charge in [-0.15, -0.1) is 0 Å². The van der Waals surface area contributed by atoms with Gasteiger partial charge < -0.3 is 19.7 Å². The largest absolute Gasteiger partial charge is 0.479 e. The van der Waals surface area contributed by atoms with Gasteiger partial charge in [0.05, 0.1) is 0 Å². The molecule has 0 amide bonds. The van der Waals surface area contributed by atoms with Crippen LogP contribution in [0.4, 0.5) is 0 Å². The highest BCUT2D eigenvalue weighted by molar-refractivity contribution is 5.73. The van der Waals surface area contributed by atoms with Crippen LogP contribution >= 0.6 is 0 Å². The van der Waals surface area contributed by atoms with E-state index in [9.17, 15) is 14.7 Å². The third-order valence-electron chi connectivity index (χ3n) is 1.61. The molecular weight excluding hydrogens is 192 g/mol. The number of carboxylic acids is 1. The van der Waals surface area contributed by atoms with Crippen LogP contribution in [0.2, 0.25) is 0 Å². The highest BCUT2D eigenvalue weighted by Gasteiger charge is 2.27. The molecule has 1 heterocycles. The van der Waals surface area contributed by atoms with E-state index in [4.69, 9.17) is 14.6 Å². The van der Waals surface area contributed by atoms with Crippen molar-refractivity contribution < 1.29 is 29.3 Å². The lowest BCUT2D eigenvalue weighted by Crippen LogP contribution is -2.27. The Morgan fingerprint density at radius 3 is 2.50 bits per heavy atom. The van der Waals surface area contributed by atoms with Gasteiger partial charge in [-0.2, -0.15) is 0 Å². The Kier molecular flexibility index (Phi) is 3.00. The van der Waals surface area contributed by atoms with Crippen LogP contribution in [-0.2, 0) is 4.79 Å². The molecule has 0 aromatic carbocycles. The van der Waals surface area contributed by atoms with Crippen molar-refractivity contribution in [3.8, 4) is 0 Å². The Morgan fingerprint density at radius 1 is 1.43 bits per heavy atom. The zero-order valence-electron chi connectivity index (χ0n) is 6.95. The van der Waals surface area contributed by atoms with Crippen LogP contribution in [0.5, 0.6) is 0 Å². The molecule has 0 fully saturated rings. The Labute approximate surface area is 78.4 Å². The van der Waals surface area contributed by atoms with Gasteiger partial charge in [-0.25, -0.2) is 4.79 Å². The molecule has 1 aromatic rings. The lowest BCUT2D eigenvalue weighted by Gasteiger charge is -2.10. The molecule has 0 aliphatic heterocycles. The number of carboxylic acid groups (broad SMARTS) is 1. The fourth-order valence-corrected chi connectivity index (χ4v) is 0.881. The normalized spacial score (nSPS) is 14.7. The van der Waals surface area contributed by atoms with Crippen molar-refractivity contribution in [1.82, 2.24) is 0 Å². The zero-order valence-corrected chi connectivity index (χ0v) is 6.95. The minimum absolute atomic E-state index is 0.0448. The summed E-state index contributed by atoms with van der Waals surface area (Å²) in [4.78, 5) is 20.5. The summed E-state index contributed by atoms with van der Waals surface area (Å²) in [6, 6.07) is 2.49. The van der Waals surface area contributed by atoms with Crippen molar-refractivity contribution in [2.24, 2.45) is 0 Å². The van der Waals surface area contributed by atoms with Gasteiger partial charge >= 0.3 is 5.97 Å². The monoisotopic (exact) mass is 200 g/mol. The van der Waals surface area contributed by atoms with Crippen molar-refractivity contribution in [3.63, 3.8) is 0 Å². The summed E-state index contributed by atoms with van der Waals surface area (Å²) in [5.41, 5.74) is 0. The number of rotatable bonds is 4. The van der Waals surface area contributed by atoms with E-state index in [0.29, 0.717) is 6.29 Å². The van der Waals surface area contributed by atoms with Gasteiger partial charge in [0.25, 0.3) is 0 Å². The second-order valence-corrected chi connectivity index (χ2v) is 2.59. The van der Waals surface area contributed by atoms with Crippen LogP contribution in [0, 0.1) is 0 Å². The molecule has 1 rings (SSSR count). The number of carbonyl (C=O) groups is 2. The van der Waals surface area contributed by atoms with E-state index < -0.39 is 18.2 Å². The van der Waals surface area contributed by atoms with E-state index in [1.165, 1.54) is 12.1 Å². The van der Waals surface area contributed by atoms with Crippen LogP contribution in [0.15, 0.2) is 16.5 Å². The lowest BCUT2D eigenvalue weighted by molar-refractivity contribution is -0.153. The van der Waals surface area contributed by atoms with Gasteiger partial charge in [-0.1, -0.05) is 0 Å². The minimum atomic E-state index is -1.97. The average molecular weight is 200 g/mol. The van der Waals surface area contributed by atoms with Gasteiger partial charge in [0.15, 0.2) is 18.2 Å². The second-order valence-electron chi connectivity index (χ2n) is 2.59. The molecule has 2 unspecified atom stereocenters. The Balaban J connectivity index is 2.83. The highest BCUT2D eigenvalue weighted by Crippen LogP contribution is 2.19. The van der Waals surface area contributed by atoms with Gasteiger partial charge in [0.1, 0.15) is 11.9 Å². The summed E-state index contributed by atoms with van der Waals surface area (Å²) in [5.74, 6) is -1.78. The molecule has 0 saturated heterocycles. The van der Waals surface area contributed by atoms with Gasteiger partial charge in [0, 0.05) is 0 Å². The zero-order chi connectivity index (χ0) is 10.7. The number of aliphatic hydroxyl groups excluding tert-OH is 2. The Hall–Kier alpha value is -1.66. The molecule has 0 aliphatic carbocycles. The number of carbonyl (C=O) groups excluding carboxylic acids is 1. The molecule has 0 bridgehead atoms. The molecule has 0 spiro atoms. The first-order chi connectivity index (χ1) is 6.56. The number of hydrogen-bond acceptors (Lipinski definition) is 5. The lowest BCUT2D eigenvalue weighted by atomic mass is 10.1. The molecular formula is C8H8O6. The van der Waals surface area contributed by atoms with Crippen LogP contribution in [0.3, 0.4) is 0 Å². The SMILES string of the molecule is O=Cc1ccc(C(O)C(O)C(=O)O)o1. The first kappa shape index (κ1) is 10.4. The maximum Gasteiger partial charge on any atom is 0.335 e. The van der Waals surface area contributed by atoms with E-state index in [2.05, 4.69) is 0 Å². The predicted molar refractivity (Wildman–Crippen MR) is 42.7 cm³/mol. The van der Waals surface area contributed by atoms with E-state index in [1.807, 2.05) is 0 Å². The van der Waals surface area contributed by atoms with Gasteiger partial charge in [0.2, 0.25) is 0 Å². The topological polar surface area (TPSA) is 108 Å². The van der Waals surface area contributed by atoms with Crippen LogP contribution in [0.25, 0.3) is 0 Å². The van der Waals surface area contributed by atoms with Crippen molar-refractivity contribution in [2.75, 3.05) is 0 Å². The summed E-state index contributed by atoms with van der Waals surface area (Å²) in [7, 11) is 0. The number of aldehydes is 1. The first-order valence-corrected chi connectivity index (χ1v) is 3.70. The van der Waals surface area contributed by atoms with E-state index in [0.717, 1.165) is 0 Å². The van der Waals surface area contributed by atoms with Crippen LogP contribution < -0.4 is 0 Å². The number of furan rings is 1. The van der Waals surface area contributed by atoms with E-state index in [-0.39, 0.29) is 11.5 Å². The van der Waals surface area contributed by atoms with Crippen molar-refractivity contribution in [1.29, 1.82) is 0 Å². The second kappa shape index (κ2) is 4.03. The third kappa shape index (κ3) is 1.98. The maximum absolute atomic E-state index is 10.3. The molecule has 0 radical (unpaired) electrons.